The number of aromatic nitrogens is 2. The Hall–Kier alpha value is -3.93. The zero-order valence-electron chi connectivity index (χ0n) is 14.2. The molecule has 27 heavy (non-hydrogen) atoms. The van der Waals surface area contributed by atoms with Crippen molar-refractivity contribution in [2.24, 2.45) is 0 Å². The summed E-state index contributed by atoms with van der Waals surface area (Å²) in [5.41, 5.74) is 1.25. The highest BCUT2D eigenvalue weighted by atomic mass is 16.5. The number of amides is 1. The molecular formula is C21H15N3O3. The van der Waals surface area contributed by atoms with Gasteiger partial charge < -0.3 is 14.5 Å². The number of anilines is 1. The van der Waals surface area contributed by atoms with Crippen molar-refractivity contribution < 1.29 is 13.9 Å². The number of rotatable bonds is 5. The molecule has 0 spiro atoms. The summed E-state index contributed by atoms with van der Waals surface area (Å²) in [7, 11) is 0. The van der Waals surface area contributed by atoms with Gasteiger partial charge in [0.1, 0.15) is 5.75 Å². The minimum atomic E-state index is -0.506. The molecule has 0 bridgehead atoms. The van der Waals surface area contributed by atoms with Crippen LogP contribution in [0.5, 0.6) is 11.5 Å². The molecule has 0 radical (unpaired) electrons. The molecular weight excluding hydrogens is 342 g/mol. The lowest BCUT2D eigenvalue weighted by molar-refractivity contribution is 0.0990. The smallest absolute Gasteiger partial charge is 0.313 e. The molecule has 0 aliphatic carbocycles. The molecule has 6 nitrogen and oxygen atoms in total. The standard InChI is InChI=1S/C21H15N3O3/c25-19(21-24-23-20(27-21)15-9-3-1-4-10-15)22-17-13-7-8-14-18(17)26-16-11-5-2-6-12-16/h1-14H,(H,22,25). The molecule has 0 saturated heterocycles. The van der Waals surface area contributed by atoms with Gasteiger partial charge in [-0.3, -0.25) is 4.79 Å². The van der Waals surface area contributed by atoms with Crippen LogP contribution in [0.25, 0.3) is 11.5 Å². The Bertz CT molecular complexity index is 1050. The normalized spacial score (nSPS) is 10.4. The SMILES string of the molecule is O=C(Nc1ccccc1Oc1ccccc1)c1nnc(-c2ccccc2)o1. The molecule has 4 aromatic rings. The van der Waals surface area contributed by atoms with E-state index in [2.05, 4.69) is 15.5 Å². The van der Waals surface area contributed by atoms with Crippen LogP contribution in [0.1, 0.15) is 10.7 Å². The Morgan fingerprint density at radius 3 is 2.26 bits per heavy atom. The third-order valence-electron chi connectivity index (χ3n) is 3.75. The fourth-order valence-corrected chi connectivity index (χ4v) is 2.46. The first kappa shape index (κ1) is 16.5. The number of benzene rings is 3. The molecule has 0 fully saturated rings. The van der Waals surface area contributed by atoms with Crippen molar-refractivity contribution >= 4 is 11.6 Å². The van der Waals surface area contributed by atoms with E-state index in [-0.39, 0.29) is 11.8 Å². The van der Waals surface area contributed by atoms with E-state index < -0.39 is 5.91 Å². The molecule has 132 valence electrons. The number of hydrogen-bond donors (Lipinski definition) is 1. The van der Waals surface area contributed by atoms with Gasteiger partial charge >= 0.3 is 11.8 Å². The quantitative estimate of drug-likeness (QED) is 0.556. The van der Waals surface area contributed by atoms with Gasteiger partial charge in [-0.15, -0.1) is 10.2 Å². The summed E-state index contributed by atoms with van der Waals surface area (Å²) in [6.45, 7) is 0. The van der Waals surface area contributed by atoms with Crippen molar-refractivity contribution in [3.63, 3.8) is 0 Å². The van der Waals surface area contributed by atoms with Gasteiger partial charge in [0.2, 0.25) is 5.89 Å². The maximum absolute atomic E-state index is 12.5. The highest BCUT2D eigenvalue weighted by molar-refractivity contribution is 6.01. The molecule has 4 rings (SSSR count). The second-order valence-corrected chi connectivity index (χ2v) is 5.64. The predicted molar refractivity (Wildman–Crippen MR) is 101 cm³/mol. The van der Waals surface area contributed by atoms with Gasteiger partial charge in [-0.2, -0.15) is 0 Å². The van der Waals surface area contributed by atoms with E-state index in [0.717, 1.165) is 5.56 Å². The topological polar surface area (TPSA) is 77.2 Å². The molecule has 0 aliphatic rings. The van der Waals surface area contributed by atoms with Gasteiger partial charge in [-0.1, -0.05) is 48.5 Å². The molecule has 1 heterocycles. The first-order valence-electron chi connectivity index (χ1n) is 8.32. The average Bonchev–Trinajstić information content (AvgIpc) is 3.21. The van der Waals surface area contributed by atoms with Gasteiger partial charge in [0.25, 0.3) is 0 Å². The molecule has 1 amide bonds. The van der Waals surface area contributed by atoms with Crippen molar-refractivity contribution in [3.05, 3.63) is 90.8 Å². The minimum absolute atomic E-state index is 0.122. The summed E-state index contributed by atoms with van der Waals surface area (Å²) in [4.78, 5) is 12.5. The second-order valence-electron chi connectivity index (χ2n) is 5.64. The van der Waals surface area contributed by atoms with Crippen molar-refractivity contribution in [3.8, 4) is 23.0 Å². The predicted octanol–water partition coefficient (Wildman–Crippen LogP) is 4.78. The van der Waals surface area contributed by atoms with Crippen LogP contribution in [0.4, 0.5) is 5.69 Å². The molecule has 0 aliphatic heterocycles. The lowest BCUT2D eigenvalue weighted by atomic mass is 10.2. The number of hydrogen-bond acceptors (Lipinski definition) is 5. The van der Waals surface area contributed by atoms with E-state index >= 15 is 0 Å². The van der Waals surface area contributed by atoms with Crippen LogP contribution < -0.4 is 10.1 Å². The van der Waals surface area contributed by atoms with Gasteiger partial charge in [-0.25, -0.2) is 0 Å². The monoisotopic (exact) mass is 357 g/mol. The summed E-state index contributed by atoms with van der Waals surface area (Å²) in [6, 6.07) is 25.7. The number of nitrogens with one attached hydrogen (secondary N) is 1. The van der Waals surface area contributed by atoms with Crippen molar-refractivity contribution in [1.82, 2.24) is 10.2 Å². The Kier molecular flexibility index (Phi) is 4.61. The van der Waals surface area contributed by atoms with Crippen LogP contribution in [-0.2, 0) is 0 Å². The highest BCUT2D eigenvalue weighted by Crippen LogP contribution is 2.29. The third kappa shape index (κ3) is 3.85. The summed E-state index contributed by atoms with van der Waals surface area (Å²) in [5.74, 6) is 0.843. The molecule has 1 N–H and O–H groups in total. The Labute approximate surface area is 155 Å². The van der Waals surface area contributed by atoms with Crippen molar-refractivity contribution in [2.75, 3.05) is 5.32 Å². The fourth-order valence-electron chi connectivity index (χ4n) is 2.46. The maximum atomic E-state index is 12.5. The summed E-state index contributed by atoms with van der Waals surface area (Å²) < 4.78 is 11.3. The van der Waals surface area contributed by atoms with E-state index in [4.69, 9.17) is 9.15 Å². The first-order chi connectivity index (χ1) is 13.3. The van der Waals surface area contributed by atoms with Crippen LogP contribution >= 0.6 is 0 Å². The molecule has 0 saturated carbocycles. The lowest BCUT2D eigenvalue weighted by Gasteiger charge is -2.11. The third-order valence-corrected chi connectivity index (χ3v) is 3.75. The van der Waals surface area contributed by atoms with E-state index in [0.29, 0.717) is 17.2 Å². The zero-order valence-corrected chi connectivity index (χ0v) is 14.2. The number of ether oxygens (including phenoxy) is 1. The van der Waals surface area contributed by atoms with Crippen LogP contribution in [-0.4, -0.2) is 16.1 Å². The minimum Gasteiger partial charge on any atom is -0.455 e. The number of carbonyl (C=O) groups excluding carboxylic acids is 1. The van der Waals surface area contributed by atoms with Gasteiger partial charge in [0.15, 0.2) is 5.75 Å². The van der Waals surface area contributed by atoms with Crippen LogP contribution in [0, 0.1) is 0 Å². The molecule has 1 aromatic heterocycles. The second kappa shape index (κ2) is 7.53. The zero-order chi connectivity index (χ0) is 18.5. The van der Waals surface area contributed by atoms with E-state index in [1.54, 1.807) is 18.2 Å². The Balaban J connectivity index is 1.53. The average molecular weight is 357 g/mol. The largest absolute Gasteiger partial charge is 0.455 e. The van der Waals surface area contributed by atoms with Crippen LogP contribution in [0.2, 0.25) is 0 Å². The summed E-state index contributed by atoms with van der Waals surface area (Å²) >= 11 is 0. The fraction of sp³-hybridized carbons (Fsp3) is 0. The molecule has 0 unspecified atom stereocenters. The van der Waals surface area contributed by atoms with Gasteiger partial charge in [0.05, 0.1) is 5.69 Å². The number of carbonyl (C=O) groups is 1. The highest BCUT2D eigenvalue weighted by Gasteiger charge is 2.17. The molecule has 3 aromatic carbocycles. The van der Waals surface area contributed by atoms with E-state index in [1.165, 1.54) is 0 Å². The number of para-hydroxylation sites is 3. The van der Waals surface area contributed by atoms with Crippen LogP contribution in [0.15, 0.2) is 89.3 Å². The molecule has 6 heteroatoms. The summed E-state index contributed by atoms with van der Waals surface area (Å²) in [5, 5.41) is 10.5. The number of nitrogens with zero attached hydrogens (tertiary/aromatic N) is 2. The summed E-state index contributed by atoms with van der Waals surface area (Å²) in [6.07, 6.45) is 0. The lowest BCUT2D eigenvalue weighted by Crippen LogP contribution is -2.13. The van der Waals surface area contributed by atoms with E-state index in [1.807, 2.05) is 66.7 Å². The maximum Gasteiger partial charge on any atom is 0.313 e. The van der Waals surface area contributed by atoms with Gasteiger partial charge in [-0.05, 0) is 36.4 Å². The van der Waals surface area contributed by atoms with E-state index in [9.17, 15) is 4.79 Å². The first-order valence-corrected chi connectivity index (χ1v) is 8.32. The van der Waals surface area contributed by atoms with Crippen molar-refractivity contribution in [1.29, 1.82) is 0 Å². The van der Waals surface area contributed by atoms with Crippen molar-refractivity contribution in [2.45, 2.75) is 0 Å². The molecule has 0 atom stereocenters. The van der Waals surface area contributed by atoms with Crippen LogP contribution in [0.3, 0.4) is 0 Å². The van der Waals surface area contributed by atoms with Gasteiger partial charge in [0, 0.05) is 5.56 Å². The Morgan fingerprint density at radius 1 is 0.815 bits per heavy atom. The Morgan fingerprint density at radius 2 is 1.48 bits per heavy atom.